The molecule has 0 saturated heterocycles. The molecule has 1 fully saturated rings. The first-order valence-corrected chi connectivity index (χ1v) is 8.24. The van der Waals surface area contributed by atoms with E-state index >= 15 is 0 Å². The summed E-state index contributed by atoms with van der Waals surface area (Å²) in [4.78, 5) is 11.9. The number of aryl methyl sites for hydroxylation is 2. The van der Waals surface area contributed by atoms with Crippen LogP contribution in [0.3, 0.4) is 0 Å². The number of carbonyl (C=O) groups is 1. The zero-order valence-corrected chi connectivity index (χ0v) is 14.0. The second-order valence-electron chi connectivity index (χ2n) is 7.56. The summed E-state index contributed by atoms with van der Waals surface area (Å²) in [6.07, 6.45) is 4.79. The van der Waals surface area contributed by atoms with Crippen LogP contribution >= 0.6 is 0 Å². The summed E-state index contributed by atoms with van der Waals surface area (Å²) < 4.78 is 5.52. The van der Waals surface area contributed by atoms with Crippen molar-refractivity contribution in [3.8, 4) is 5.75 Å². The van der Waals surface area contributed by atoms with Gasteiger partial charge in [-0.25, -0.2) is 0 Å². The predicted molar refractivity (Wildman–Crippen MR) is 86.5 cm³/mol. The van der Waals surface area contributed by atoms with Gasteiger partial charge >= 0.3 is 5.97 Å². The Balaban J connectivity index is 2.14. The predicted octanol–water partition coefficient (Wildman–Crippen LogP) is 4.10. The lowest BCUT2D eigenvalue weighted by atomic mass is 9.50. The first kappa shape index (κ1) is 15.4. The molecule has 0 radical (unpaired) electrons. The lowest BCUT2D eigenvalue weighted by molar-refractivity contribution is -0.157. The lowest BCUT2D eigenvalue weighted by Gasteiger charge is -2.53. The molecule has 3 rings (SSSR count). The van der Waals surface area contributed by atoms with Crippen molar-refractivity contribution in [2.24, 2.45) is 11.3 Å². The van der Waals surface area contributed by atoms with Gasteiger partial charge in [-0.2, -0.15) is 0 Å². The Hall–Kier alpha value is -1.51. The molecule has 0 spiro atoms. The summed E-state index contributed by atoms with van der Waals surface area (Å²) in [5.74, 6) is 0.486. The van der Waals surface area contributed by atoms with Gasteiger partial charge in [-0.15, -0.1) is 0 Å². The minimum absolute atomic E-state index is 0.0556. The molecule has 2 aliphatic rings. The summed E-state index contributed by atoms with van der Waals surface area (Å²) in [5, 5.41) is 9.82. The van der Waals surface area contributed by atoms with Crippen LogP contribution in [0.5, 0.6) is 5.75 Å². The summed E-state index contributed by atoms with van der Waals surface area (Å²) >= 11 is 0. The van der Waals surface area contributed by atoms with Crippen LogP contribution in [0.15, 0.2) is 12.1 Å². The van der Waals surface area contributed by atoms with Crippen LogP contribution in [-0.2, 0) is 16.6 Å². The third-order valence-electron chi connectivity index (χ3n) is 6.36. The van der Waals surface area contributed by atoms with E-state index in [1.807, 2.05) is 6.92 Å². The van der Waals surface area contributed by atoms with Gasteiger partial charge in [0.25, 0.3) is 0 Å². The van der Waals surface area contributed by atoms with Crippen molar-refractivity contribution in [2.45, 2.75) is 58.3 Å². The number of hydrogen-bond acceptors (Lipinski definition) is 2. The second-order valence-corrected chi connectivity index (χ2v) is 7.56. The number of fused-ring (bicyclic) bond motifs is 3. The van der Waals surface area contributed by atoms with Crippen LogP contribution in [0.2, 0.25) is 0 Å². The van der Waals surface area contributed by atoms with E-state index in [2.05, 4.69) is 26.0 Å². The van der Waals surface area contributed by atoms with E-state index in [1.165, 1.54) is 16.7 Å². The summed E-state index contributed by atoms with van der Waals surface area (Å²) in [6, 6.07) is 4.41. The quantitative estimate of drug-likeness (QED) is 0.894. The average Bonchev–Trinajstić information content (AvgIpc) is 2.46. The van der Waals surface area contributed by atoms with Gasteiger partial charge < -0.3 is 9.84 Å². The van der Waals surface area contributed by atoms with E-state index in [0.29, 0.717) is 0 Å². The van der Waals surface area contributed by atoms with E-state index in [1.54, 1.807) is 7.11 Å². The highest BCUT2D eigenvalue weighted by Crippen LogP contribution is 2.57. The summed E-state index contributed by atoms with van der Waals surface area (Å²) in [6.45, 7) is 6.30. The van der Waals surface area contributed by atoms with Gasteiger partial charge in [0.15, 0.2) is 0 Å². The van der Waals surface area contributed by atoms with Gasteiger partial charge in [0, 0.05) is 0 Å². The van der Waals surface area contributed by atoms with Crippen LogP contribution in [0.1, 0.15) is 56.2 Å². The van der Waals surface area contributed by atoms with E-state index in [-0.39, 0.29) is 11.3 Å². The minimum atomic E-state index is -0.633. The van der Waals surface area contributed by atoms with Crippen LogP contribution in [0.25, 0.3) is 0 Å². The maximum Gasteiger partial charge on any atom is 0.309 e. The van der Waals surface area contributed by atoms with Crippen molar-refractivity contribution in [2.75, 3.05) is 7.11 Å². The van der Waals surface area contributed by atoms with Crippen LogP contribution in [-0.4, -0.2) is 18.2 Å². The van der Waals surface area contributed by atoms with Crippen LogP contribution in [0, 0.1) is 18.3 Å². The van der Waals surface area contributed by atoms with Crippen LogP contribution < -0.4 is 4.74 Å². The Labute approximate surface area is 132 Å². The first-order valence-electron chi connectivity index (χ1n) is 8.24. The molecule has 3 atom stereocenters. The van der Waals surface area contributed by atoms with Gasteiger partial charge in [-0.05, 0) is 73.6 Å². The van der Waals surface area contributed by atoms with Crippen molar-refractivity contribution in [3.05, 3.63) is 28.8 Å². The molecule has 22 heavy (non-hydrogen) atoms. The number of ether oxygens (including phenoxy) is 1. The molecule has 3 heteroatoms. The highest BCUT2D eigenvalue weighted by atomic mass is 16.5. The molecular formula is C19H26O3. The van der Waals surface area contributed by atoms with Crippen LogP contribution in [0.4, 0.5) is 0 Å². The van der Waals surface area contributed by atoms with Gasteiger partial charge in [-0.1, -0.05) is 19.4 Å². The molecule has 1 aromatic carbocycles. The van der Waals surface area contributed by atoms with E-state index in [0.717, 1.165) is 37.9 Å². The van der Waals surface area contributed by atoms with E-state index < -0.39 is 11.4 Å². The SMILES string of the molecule is COc1cc2c(cc1C)CCC1[C@@](C)(C(=O)O)CCC[C@]21C. The number of carboxylic acids is 1. The first-order chi connectivity index (χ1) is 10.3. The maximum absolute atomic E-state index is 11.9. The van der Waals surface area contributed by atoms with Crippen molar-refractivity contribution in [3.63, 3.8) is 0 Å². The van der Waals surface area contributed by atoms with Crippen molar-refractivity contribution in [1.82, 2.24) is 0 Å². The monoisotopic (exact) mass is 302 g/mol. The smallest absolute Gasteiger partial charge is 0.309 e. The van der Waals surface area contributed by atoms with E-state index in [4.69, 9.17) is 4.74 Å². The fraction of sp³-hybridized carbons (Fsp3) is 0.632. The molecule has 0 heterocycles. The van der Waals surface area contributed by atoms with Gasteiger partial charge in [0.1, 0.15) is 5.75 Å². The summed E-state index contributed by atoms with van der Waals surface area (Å²) in [5.41, 5.74) is 3.20. The Morgan fingerprint density at radius 1 is 1.32 bits per heavy atom. The average molecular weight is 302 g/mol. The molecule has 0 aromatic heterocycles. The standard InChI is InChI=1S/C19H26O3/c1-12-10-13-6-7-16-18(2,14(13)11-15(12)22-4)8-5-9-19(16,3)17(20)21/h10-11,16H,5-9H2,1-4H3,(H,20,21)/t16?,18-,19+/m1/s1. The molecule has 0 aliphatic heterocycles. The number of rotatable bonds is 2. The summed E-state index contributed by atoms with van der Waals surface area (Å²) in [7, 11) is 1.71. The molecule has 0 amide bonds. The van der Waals surface area contributed by atoms with Crippen molar-refractivity contribution in [1.29, 1.82) is 0 Å². The Morgan fingerprint density at radius 3 is 2.68 bits per heavy atom. The molecule has 2 aliphatic carbocycles. The maximum atomic E-state index is 11.9. The zero-order valence-electron chi connectivity index (χ0n) is 14.0. The highest BCUT2D eigenvalue weighted by Gasteiger charge is 2.55. The van der Waals surface area contributed by atoms with Gasteiger partial charge in [0.2, 0.25) is 0 Å². The Morgan fingerprint density at radius 2 is 2.05 bits per heavy atom. The molecule has 1 unspecified atom stereocenters. The number of methoxy groups -OCH3 is 1. The topological polar surface area (TPSA) is 46.5 Å². The Bertz CT molecular complexity index is 621. The zero-order chi connectivity index (χ0) is 16.1. The lowest BCUT2D eigenvalue weighted by Crippen LogP contribution is -2.52. The normalized spacial score (nSPS) is 33.7. The number of carboxylic acid groups (broad SMARTS) is 1. The second kappa shape index (κ2) is 5.00. The largest absolute Gasteiger partial charge is 0.496 e. The highest BCUT2D eigenvalue weighted by molar-refractivity contribution is 5.75. The Kier molecular flexibility index (Phi) is 3.50. The third kappa shape index (κ3) is 1.98. The molecule has 3 nitrogen and oxygen atoms in total. The third-order valence-corrected chi connectivity index (χ3v) is 6.36. The number of benzene rings is 1. The number of aliphatic carboxylic acids is 1. The molecule has 120 valence electrons. The molecular weight excluding hydrogens is 276 g/mol. The molecule has 0 bridgehead atoms. The number of hydrogen-bond donors (Lipinski definition) is 1. The van der Waals surface area contributed by atoms with Gasteiger partial charge in [-0.3, -0.25) is 4.79 Å². The molecule has 1 aromatic rings. The van der Waals surface area contributed by atoms with E-state index in [9.17, 15) is 9.90 Å². The van der Waals surface area contributed by atoms with Gasteiger partial charge in [0.05, 0.1) is 12.5 Å². The molecule has 1 N–H and O–H groups in total. The minimum Gasteiger partial charge on any atom is -0.496 e. The van der Waals surface area contributed by atoms with Crippen molar-refractivity contribution >= 4 is 5.97 Å². The fourth-order valence-corrected chi connectivity index (χ4v) is 5.10. The fourth-order valence-electron chi connectivity index (χ4n) is 5.10. The van der Waals surface area contributed by atoms with Crippen molar-refractivity contribution < 1.29 is 14.6 Å². The molecule has 1 saturated carbocycles.